The average Bonchev–Trinajstić information content (AvgIpc) is 3.22. The van der Waals surface area contributed by atoms with Gasteiger partial charge in [0, 0.05) is 12.8 Å². The van der Waals surface area contributed by atoms with Crippen LogP contribution in [0.3, 0.4) is 0 Å². The number of unbranched alkanes of at least 4 members (excludes halogenated alkanes) is 32. The van der Waals surface area contributed by atoms with Crippen LogP contribution in [0.2, 0.25) is 0 Å². The molecule has 0 aromatic heterocycles. The number of hydrogen-bond donors (Lipinski definition) is 4. The van der Waals surface area contributed by atoms with Crippen molar-refractivity contribution in [2.24, 2.45) is 0 Å². The SMILES string of the molecule is CCCCCCCC/C=C\C(CCCCCCCCC(=O)NCC(=O)NC(CO)C(=O)O)OC(=O)CCCCCCCCCCCCCCCCCCCCCCCC. The highest BCUT2D eigenvalue weighted by molar-refractivity contribution is 5.87. The maximum atomic E-state index is 12.8. The number of carbonyl (C=O) groups excluding carboxylic acids is 3. The minimum Gasteiger partial charge on any atom is -0.480 e. The molecule has 9 nitrogen and oxygen atoms in total. The van der Waals surface area contributed by atoms with Gasteiger partial charge < -0.3 is 25.6 Å². The van der Waals surface area contributed by atoms with Gasteiger partial charge in [-0.15, -0.1) is 0 Å². The first-order valence-corrected chi connectivity index (χ1v) is 25.1. The van der Waals surface area contributed by atoms with Gasteiger partial charge in [0.1, 0.15) is 12.1 Å². The van der Waals surface area contributed by atoms with Crippen LogP contribution in [-0.2, 0) is 23.9 Å². The van der Waals surface area contributed by atoms with Crippen LogP contribution in [0.15, 0.2) is 12.2 Å². The van der Waals surface area contributed by atoms with Gasteiger partial charge in [0.25, 0.3) is 0 Å². The molecule has 0 rings (SSSR count). The van der Waals surface area contributed by atoms with Crippen LogP contribution in [0, 0.1) is 0 Å². The average molecular weight is 835 g/mol. The third kappa shape index (κ3) is 42.1. The third-order valence-corrected chi connectivity index (χ3v) is 11.5. The highest BCUT2D eigenvalue weighted by atomic mass is 16.5. The summed E-state index contributed by atoms with van der Waals surface area (Å²) in [6.45, 7) is 3.50. The Morgan fingerprint density at radius 1 is 0.508 bits per heavy atom. The van der Waals surface area contributed by atoms with Gasteiger partial charge in [0.2, 0.25) is 11.8 Å². The van der Waals surface area contributed by atoms with E-state index in [1.165, 1.54) is 167 Å². The highest BCUT2D eigenvalue weighted by Gasteiger charge is 2.18. The second kappa shape index (κ2) is 45.1. The number of hydrogen-bond acceptors (Lipinski definition) is 6. The lowest BCUT2D eigenvalue weighted by molar-refractivity contribution is -0.147. The van der Waals surface area contributed by atoms with Gasteiger partial charge in [-0.1, -0.05) is 213 Å². The molecule has 0 fully saturated rings. The Kier molecular flexibility index (Phi) is 43.3. The molecule has 0 radical (unpaired) electrons. The lowest BCUT2D eigenvalue weighted by Crippen LogP contribution is -2.47. The van der Waals surface area contributed by atoms with Crippen molar-refractivity contribution in [1.82, 2.24) is 10.6 Å². The standard InChI is InChI=1S/C50H94N2O7/c1-3-5-7-9-11-13-14-15-16-17-18-19-20-21-22-23-24-25-26-28-34-38-42-49(56)59-45(39-35-31-27-12-10-8-6-4-2)40-36-32-29-30-33-37-41-47(54)51-43-48(55)52-46(44-53)50(57)58/h35,39,45-46,53H,3-34,36-38,40-44H2,1-2H3,(H,51,54)(H,52,55)(H,57,58)/b39-35-. The minimum absolute atomic E-state index is 0.0711. The van der Waals surface area contributed by atoms with Gasteiger partial charge in [0.15, 0.2) is 0 Å². The van der Waals surface area contributed by atoms with Crippen LogP contribution in [0.5, 0.6) is 0 Å². The molecule has 0 spiro atoms. The van der Waals surface area contributed by atoms with Crippen molar-refractivity contribution < 1.29 is 34.1 Å². The zero-order valence-corrected chi connectivity index (χ0v) is 38.5. The molecule has 9 heteroatoms. The molecule has 0 aliphatic rings. The van der Waals surface area contributed by atoms with Gasteiger partial charge in [-0.05, 0) is 44.6 Å². The summed E-state index contributed by atoms with van der Waals surface area (Å²) < 4.78 is 5.97. The van der Waals surface area contributed by atoms with Gasteiger partial charge >= 0.3 is 11.9 Å². The smallest absolute Gasteiger partial charge is 0.328 e. The zero-order valence-electron chi connectivity index (χ0n) is 38.5. The number of aliphatic hydroxyl groups is 1. The first-order chi connectivity index (χ1) is 28.8. The first kappa shape index (κ1) is 56.6. The van der Waals surface area contributed by atoms with Gasteiger partial charge in [-0.2, -0.15) is 0 Å². The van der Waals surface area contributed by atoms with Crippen LogP contribution in [0.1, 0.15) is 258 Å². The van der Waals surface area contributed by atoms with E-state index in [9.17, 15) is 19.2 Å². The predicted molar refractivity (Wildman–Crippen MR) is 245 cm³/mol. The number of nitrogens with one attached hydrogen (secondary N) is 2. The lowest BCUT2D eigenvalue weighted by atomic mass is 10.0. The zero-order chi connectivity index (χ0) is 43.3. The second-order valence-corrected chi connectivity index (χ2v) is 17.3. The molecular formula is C50H94N2O7. The van der Waals surface area contributed by atoms with E-state index in [0.29, 0.717) is 19.3 Å². The van der Waals surface area contributed by atoms with Crippen LogP contribution in [0.25, 0.3) is 0 Å². The molecule has 59 heavy (non-hydrogen) atoms. The number of amides is 2. The molecule has 0 bridgehead atoms. The van der Waals surface area contributed by atoms with Gasteiger partial charge in [0.05, 0.1) is 13.2 Å². The Morgan fingerprint density at radius 2 is 0.898 bits per heavy atom. The number of rotatable bonds is 46. The number of ether oxygens (including phenoxy) is 1. The van der Waals surface area contributed by atoms with Crippen LogP contribution >= 0.6 is 0 Å². The predicted octanol–water partition coefficient (Wildman–Crippen LogP) is 13.0. The number of esters is 1. The van der Waals surface area contributed by atoms with Crippen molar-refractivity contribution >= 4 is 23.8 Å². The summed E-state index contributed by atoms with van der Waals surface area (Å²) in [4.78, 5) is 47.5. The Morgan fingerprint density at radius 3 is 1.32 bits per heavy atom. The summed E-state index contributed by atoms with van der Waals surface area (Å²) in [6.07, 6.45) is 50.0. The summed E-state index contributed by atoms with van der Waals surface area (Å²) >= 11 is 0. The van der Waals surface area contributed by atoms with E-state index in [1.54, 1.807) is 0 Å². The maximum Gasteiger partial charge on any atom is 0.328 e. The summed E-state index contributed by atoms with van der Waals surface area (Å²) in [5.41, 5.74) is 0. The van der Waals surface area contributed by atoms with Crippen molar-refractivity contribution in [3.05, 3.63) is 12.2 Å². The van der Waals surface area contributed by atoms with Crippen molar-refractivity contribution in [1.29, 1.82) is 0 Å². The summed E-state index contributed by atoms with van der Waals surface area (Å²) in [7, 11) is 0. The Labute approximate surface area is 362 Å². The van der Waals surface area contributed by atoms with Crippen molar-refractivity contribution in [2.75, 3.05) is 13.2 Å². The topological polar surface area (TPSA) is 142 Å². The molecule has 0 saturated carbocycles. The molecule has 2 unspecified atom stereocenters. The highest BCUT2D eigenvalue weighted by Crippen LogP contribution is 2.18. The summed E-state index contributed by atoms with van der Waals surface area (Å²) in [5.74, 6) is -2.31. The summed E-state index contributed by atoms with van der Waals surface area (Å²) in [6, 6.07) is -1.38. The van der Waals surface area contributed by atoms with E-state index < -0.39 is 24.5 Å². The molecule has 0 aromatic carbocycles. The molecule has 0 aromatic rings. The third-order valence-electron chi connectivity index (χ3n) is 11.5. The van der Waals surface area contributed by atoms with Crippen molar-refractivity contribution in [3.63, 3.8) is 0 Å². The largest absolute Gasteiger partial charge is 0.480 e. The molecule has 2 amide bonds. The number of carbonyl (C=O) groups is 4. The van der Waals surface area contributed by atoms with E-state index in [2.05, 4.69) is 36.6 Å². The molecule has 0 saturated heterocycles. The van der Waals surface area contributed by atoms with Crippen LogP contribution in [0.4, 0.5) is 0 Å². The normalized spacial score (nSPS) is 12.5. The van der Waals surface area contributed by atoms with Gasteiger partial charge in [-0.3, -0.25) is 14.4 Å². The molecule has 0 heterocycles. The lowest BCUT2D eigenvalue weighted by Gasteiger charge is -2.15. The van der Waals surface area contributed by atoms with Crippen LogP contribution in [-0.4, -0.2) is 59.3 Å². The maximum absolute atomic E-state index is 12.8. The van der Waals surface area contributed by atoms with E-state index in [4.69, 9.17) is 14.9 Å². The fraction of sp³-hybridized carbons (Fsp3) is 0.880. The van der Waals surface area contributed by atoms with Gasteiger partial charge in [-0.25, -0.2) is 4.79 Å². The Bertz CT molecular complexity index is 1000. The molecule has 0 aliphatic carbocycles. The number of allylic oxidation sites excluding steroid dienone is 1. The van der Waals surface area contributed by atoms with Crippen molar-refractivity contribution in [3.8, 4) is 0 Å². The number of aliphatic hydroxyl groups excluding tert-OH is 1. The fourth-order valence-electron chi connectivity index (χ4n) is 7.63. The number of carboxylic acids is 1. The first-order valence-electron chi connectivity index (χ1n) is 25.1. The number of aliphatic carboxylic acids is 1. The Balaban J connectivity index is 4.05. The monoisotopic (exact) mass is 835 g/mol. The fourth-order valence-corrected chi connectivity index (χ4v) is 7.63. The molecule has 346 valence electrons. The summed E-state index contributed by atoms with van der Waals surface area (Å²) in [5, 5.41) is 22.5. The number of carboxylic acid groups (broad SMARTS) is 1. The van der Waals surface area contributed by atoms with Crippen molar-refractivity contribution in [2.45, 2.75) is 270 Å². The van der Waals surface area contributed by atoms with E-state index in [1.807, 2.05) is 0 Å². The molecular weight excluding hydrogens is 741 g/mol. The minimum atomic E-state index is -1.38. The van der Waals surface area contributed by atoms with E-state index >= 15 is 0 Å². The Hall–Kier alpha value is -2.42. The van der Waals surface area contributed by atoms with E-state index in [0.717, 1.165) is 57.8 Å². The van der Waals surface area contributed by atoms with Crippen LogP contribution < -0.4 is 10.6 Å². The molecule has 2 atom stereocenters. The second-order valence-electron chi connectivity index (χ2n) is 17.3. The van der Waals surface area contributed by atoms with E-state index in [-0.39, 0.29) is 24.5 Å². The quantitative estimate of drug-likeness (QED) is 0.0272. The molecule has 4 N–H and O–H groups in total. The molecule has 0 aliphatic heterocycles.